The van der Waals surface area contributed by atoms with E-state index in [2.05, 4.69) is 37.1 Å². The molecule has 2 amide bonds. The highest BCUT2D eigenvalue weighted by molar-refractivity contribution is 6.29. The lowest BCUT2D eigenvalue weighted by Crippen LogP contribution is -2.43. The molecule has 6 fully saturated rings. The standard InChI is InChI=1S/C24H34ClN5O5.C23H32ClN5O6/c1-7-15-16-17(34-24(5,6)33-16)20(32-15)30-19-14(12-26-30)18(27-21(25)28-19)29(13-10-8-9-11-13)22(31)35-23(2,3)4;1-22(2,3)35-21(31)28(12-8-6-7-9-12)17-13-10-25-29(18(13)27-20(24)26-17)19-16-15(14(11-30)32-19)33-23(4,5)34-16/h12-13,15-17,20H,7-11H2,1-6H3;10,12,14-16,19,30H,6-9,11H2,1-5H3/t15-,16-,17-,20-;14-,15-,16-,19-/m11/s1. The average Bonchev–Trinajstić information content (AvgIpc) is 4.11. The van der Waals surface area contributed by atoms with Crippen molar-refractivity contribution in [3.05, 3.63) is 23.0 Å². The molecule has 4 saturated heterocycles. The highest BCUT2D eigenvalue weighted by Gasteiger charge is 2.57. The van der Waals surface area contributed by atoms with E-state index in [1.165, 1.54) is 0 Å². The van der Waals surface area contributed by atoms with Gasteiger partial charge in [-0.2, -0.15) is 30.1 Å². The summed E-state index contributed by atoms with van der Waals surface area (Å²) in [5.74, 6) is -0.800. The first-order valence-corrected chi connectivity index (χ1v) is 25.2. The van der Waals surface area contributed by atoms with Crippen molar-refractivity contribution in [3.63, 3.8) is 0 Å². The number of carbonyl (C=O) groups is 2. The van der Waals surface area contributed by atoms with Crippen molar-refractivity contribution in [2.45, 2.75) is 218 Å². The molecule has 0 unspecified atom stereocenters. The first kappa shape index (κ1) is 50.9. The molecule has 384 valence electrons. The zero-order valence-corrected chi connectivity index (χ0v) is 43.3. The molecule has 0 radical (unpaired) electrons. The zero-order chi connectivity index (χ0) is 50.2. The third-order valence-electron chi connectivity index (χ3n) is 13.1. The molecular formula is C47H66Cl2N10O11. The molecule has 8 heterocycles. The minimum Gasteiger partial charge on any atom is -0.443 e. The number of hydrogen-bond acceptors (Lipinski definition) is 17. The van der Waals surface area contributed by atoms with Gasteiger partial charge < -0.3 is 43.0 Å². The average molecular weight is 1020 g/mol. The van der Waals surface area contributed by atoms with Crippen LogP contribution in [-0.2, 0) is 37.9 Å². The summed E-state index contributed by atoms with van der Waals surface area (Å²) in [5, 5.41) is 20.1. The maximum atomic E-state index is 13.4. The van der Waals surface area contributed by atoms with Crippen LogP contribution < -0.4 is 9.80 Å². The van der Waals surface area contributed by atoms with Crippen molar-refractivity contribution >= 4 is 69.1 Å². The van der Waals surface area contributed by atoms with Crippen molar-refractivity contribution in [3.8, 4) is 0 Å². The van der Waals surface area contributed by atoms with Crippen LogP contribution in [0.25, 0.3) is 22.1 Å². The van der Waals surface area contributed by atoms with Crippen LogP contribution in [0.2, 0.25) is 10.6 Å². The zero-order valence-electron chi connectivity index (χ0n) is 41.8. The fourth-order valence-corrected chi connectivity index (χ4v) is 10.8. The van der Waals surface area contributed by atoms with Gasteiger partial charge in [0.25, 0.3) is 0 Å². The molecule has 4 aromatic rings. The Morgan fingerprint density at radius 1 is 0.657 bits per heavy atom. The van der Waals surface area contributed by atoms with Crippen molar-refractivity contribution in [1.29, 1.82) is 0 Å². The first-order valence-electron chi connectivity index (χ1n) is 24.4. The van der Waals surface area contributed by atoms with E-state index in [9.17, 15) is 14.7 Å². The molecule has 6 aliphatic rings. The third kappa shape index (κ3) is 10.2. The van der Waals surface area contributed by atoms with Gasteiger partial charge in [0, 0.05) is 12.1 Å². The predicted molar refractivity (Wildman–Crippen MR) is 255 cm³/mol. The second-order valence-electron chi connectivity index (χ2n) is 21.7. The van der Waals surface area contributed by atoms with E-state index in [-0.39, 0.29) is 47.6 Å². The van der Waals surface area contributed by atoms with E-state index < -0.39 is 65.7 Å². The van der Waals surface area contributed by atoms with Gasteiger partial charge in [-0.15, -0.1) is 0 Å². The largest absolute Gasteiger partial charge is 0.443 e. The lowest BCUT2D eigenvalue weighted by Gasteiger charge is -2.31. The Balaban J connectivity index is 0.000000174. The van der Waals surface area contributed by atoms with Crippen molar-refractivity contribution in [2.24, 2.45) is 0 Å². The van der Waals surface area contributed by atoms with Gasteiger partial charge in [0.15, 0.2) is 47.0 Å². The van der Waals surface area contributed by atoms with E-state index in [0.717, 1.165) is 57.8 Å². The molecule has 70 heavy (non-hydrogen) atoms. The van der Waals surface area contributed by atoms with Crippen LogP contribution in [0.3, 0.4) is 0 Å². The predicted octanol–water partition coefficient (Wildman–Crippen LogP) is 8.56. The van der Waals surface area contributed by atoms with Crippen LogP contribution in [-0.4, -0.2) is 135 Å². The smallest absolute Gasteiger partial charge is 0.416 e. The molecule has 8 atom stereocenters. The molecule has 0 aromatic carbocycles. The Labute approximate surface area is 417 Å². The van der Waals surface area contributed by atoms with Crippen molar-refractivity contribution in [2.75, 3.05) is 16.4 Å². The SMILES string of the molecule is CC(C)(C)OC(=O)N(c1nc(Cl)nc2c1cnn2[C@@H]1O[C@H](CO)[C@H]2OC(C)(C)O[C@H]21)C1CCCC1.CC[C@H]1O[C@@H](n2ncc3c(N(C(=O)OC(C)(C)C)C4CCCC4)nc(Cl)nc32)[C@@H]2OC(C)(C)O[C@@H]21. The Morgan fingerprint density at radius 2 is 1.03 bits per heavy atom. The molecule has 21 nitrogen and oxygen atoms in total. The van der Waals surface area contributed by atoms with Gasteiger partial charge in [-0.3, -0.25) is 9.80 Å². The van der Waals surface area contributed by atoms with Gasteiger partial charge in [-0.05, 0) is 125 Å². The summed E-state index contributed by atoms with van der Waals surface area (Å²) in [6.07, 6.45) is 7.06. The number of hydrogen-bond donors (Lipinski definition) is 1. The monoisotopic (exact) mass is 1020 g/mol. The molecule has 1 N–H and O–H groups in total. The van der Waals surface area contributed by atoms with Crippen molar-refractivity contribution in [1.82, 2.24) is 39.5 Å². The number of ether oxygens (including phenoxy) is 8. The Morgan fingerprint density at radius 3 is 1.40 bits per heavy atom. The van der Waals surface area contributed by atoms with Gasteiger partial charge in [-0.1, -0.05) is 32.6 Å². The van der Waals surface area contributed by atoms with E-state index >= 15 is 0 Å². The minimum absolute atomic E-state index is 0.0197. The summed E-state index contributed by atoms with van der Waals surface area (Å²) in [7, 11) is 0. The highest BCUT2D eigenvalue weighted by Crippen LogP contribution is 2.47. The highest BCUT2D eigenvalue weighted by atomic mass is 35.5. The van der Waals surface area contributed by atoms with Gasteiger partial charge in [0.1, 0.15) is 41.7 Å². The van der Waals surface area contributed by atoms with Crippen LogP contribution in [0.5, 0.6) is 0 Å². The summed E-state index contributed by atoms with van der Waals surface area (Å²) in [6, 6.07) is -0.105. The number of anilines is 2. The van der Waals surface area contributed by atoms with E-state index in [1.54, 1.807) is 31.6 Å². The van der Waals surface area contributed by atoms with Crippen LogP contribution in [0.4, 0.5) is 21.2 Å². The van der Waals surface area contributed by atoms with Crippen LogP contribution >= 0.6 is 23.2 Å². The fourth-order valence-electron chi connectivity index (χ4n) is 10.5. The first-order chi connectivity index (χ1) is 32.9. The normalized spacial score (nSPS) is 28.5. The van der Waals surface area contributed by atoms with E-state index in [4.69, 9.17) is 61.1 Å². The van der Waals surface area contributed by atoms with Gasteiger partial charge in [0.05, 0.1) is 35.9 Å². The molecule has 2 saturated carbocycles. The number of nitrogens with zero attached hydrogens (tertiary/aromatic N) is 10. The molecule has 0 spiro atoms. The van der Waals surface area contributed by atoms with Gasteiger partial charge >= 0.3 is 12.2 Å². The molecular weight excluding hydrogens is 951 g/mol. The lowest BCUT2D eigenvalue weighted by molar-refractivity contribution is -0.201. The minimum atomic E-state index is -0.832. The molecule has 10 rings (SSSR count). The molecule has 4 aliphatic heterocycles. The van der Waals surface area contributed by atoms with Crippen LogP contribution in [0.15, 0.2) is 12.4 Å². The topological polar surface area (TPSA) is 222 Å². The molecule has 23 heteroatoms. The number of aromatic nitrogens is 8. The van der Waals surface area contributed by atoms with Gasteiger partial charge in [-0.25, -0.2) is 19.0 Å². The maximum Gasteiger partial charge on any atom is 0.416 e. The second kappa shape index (κ2) is 19.1. The quantitative estimate of drug-likeness (QED) is 0.163. The number of fused-ring (bicyclic) bond motifs is 4. The molecule has 0 bridgehead atoms. The summed E-state index contributed by atoms with van der Waals surface area (Å²) in [5.41, 5.74) is -0.461. The summed E-state index contributed by atoms with van der Waals surface area (Å²) in [6.45, 7) is 20.3. The lowest BCUT2D eigenvalue weighted by atomic mass is 10.1. The summed E-state index contributed by atoms with van der Waals surface area (Å²) in [4.78, 5) is 47.8. The summed E-state index contributed by atoms with van der Waals surface area (Å²) >= 11 is 12.8. The summed E-state index contributed by atoms with van der Waals surface area (Å²) < 4.78 is 51.5. The number of halogens is 2. The fraction of sp³-hybridized carbons (Fsp3) is 0.745. The Kier molecular flexibility index (Phi) is 13.9. The number of aliphatic hydroxyl groups is 1. The Bertz CT molecular complexity index is 2400. The number of carbonyl (C=O) groups excluding carboxylic acids is 2. The molecule has 4 aromatic heterocycles. The molecule has 2 aliphatic carbocycles. The number of amides is 2. The van der Waals surface area contributed by atoms with E-state index in [1.807, 2.05) is 69.2 Å². The maximum absolute atomic E-state index is 13.4. The van der Waals surface area contributed by atoms with Crippen LogP contribution in [0.1, 0.15) is 146 Å². The number of aliphatic hydroxyl groups excluding tert-OH is 1. The van der Waals surface area contributed by atoms with Crippen molar-refractivity contribution < 1.29 is 52.6 Å². The third-order valence-corrected chi connectivity index (χ3v) is 13.5. The second-order valence-corrected chi connectivity index (χ2v) is 22.4. The Hall–Kier alpha value is -4.06. The van der Waals surface area contributed by atoms with Crippen LogP contribution in [0, 0.1) is 0 Å². The number of rotatable bonds is 8. The van der Waals surface area contributed by atoms with E-state index in [0.29, 0.717) is 33.7 Å². The van der Waals surface area contributed by atoms with Gasteiger partial charge in [0.2, 0.25) is 10.6 Å².